The van der Waals surface area contributed by atoms with Gasteiger partial charge in [-0.1, -0.05) is 27.3 Å². The zero-order valence-electron chi connectivity index (χ0n) is 14.2. The highest BCUT2D eigenvalue weighted by atomic mass is 79.9. The number of allylic oxidation sites excluding steroid dienone is 1. The number of benzene rings is 1. The molecule has 0 unspecified atom stereocenters. The first kappa shape index (κ1) is 18.1. The predicted octanol–water partition coefficient (Wildman–Crippen LogP) is 2.49. The fourth-order valence-electron chi connectivity index (χ4n) is 3.01. The Bertz CT molecular complexity index is 1020. The van der Waals surface area contributed by atoms with Crippen LogP contribution in [0.4, 0.5) is 5.69 Å². The van der Waals surface area contributed by atoms with E-state index >= 15 is 0 Å². The Morgan fingerprint density at radius 2 is 2.15 bits per heavy atom. The molecule has 2 aliphatic rings. The summed E-state index contributed by atoms with van der Waals surface area (Å²) in [7, 11) is 0. The Balaban J connectivity index is 1.61. The summed E-state index contributed by atoms with van der Waals surface area (Å²) in [4.78, 5) is 30.7. The third kappa shape index (κ3) is 3.62. The summed E-state index contributed by atoms with van der Waals surface area (Å²) in [6, 6.07) is 5.74. The van der Waals surface area contributed by atoms with E-state index in [4.69, 9.17) is 4.74 Å². The SMILES string of the molecule is O=C(Cn1c(O)c(/C=C2/C=Nc3ccc(Br)cc32)sc1=O)N1CCOCC1. The van der Waals surface area contributed by atoms with E-state index in [2.05, 4.69) is 20.9 Å². The zero-order valence-corrected chi connectivity index (χ0v) is 16.6. The number of aromatic nitrogens is 1. The monoisotopic (exact) mass is 449 g/mol. The second-order valence-corrected chi connectivity index (χ2v) is 8.06. The lowest BCUT2D eigenvalue weighted by molar-refractivity contribution is -0.136. The first-order valence-corrected chi connectivity index (χ1v) is 9.97. The summed E-state index contributed by atoms with van der Waals surface area (Å²) in [5.74, 6) is -0.402. The van der Waals surface area contributed by atoms with Crippen LogP contribution in [0.1, 0.15) is 10.4 Å². The van der Waals surface area contributed by atoms with E-state index in [1.165, 1.54) is 0 Å². The van der Waals surface area contributed by atoms with Crippen molar-refractivity contribution in [3.63, 3.8) is 0 Å². The lowest BCUT2D eigenvalue weighted by Crippen LogP contribution is -2.43. The van der Waals surface area contributed by atoms with Gasteiger partial charge < -0.3 is 14.7 Å². The summed E-state index contributed by atoms with van der Waals surface area (Å²) >= 11 is 4.35. The second-order valence-electron chi connectivity index (χ2n) is 6.15. The van der Waals surface area contributed by atoms with Crippen LogP contribution in [0.15, 0.2) is 32.5 Å². The van der Waals surface area contributed by atoms with E-state index in [-0.39, 0.29) is 23.2 Å². The smallest absolute Gasteiger partial charge is 0.311 e. The van der Waals surface area contributed by atoms with Crippen molar-refractivity contribution in [1.29, 1.82) is 0 Å². The summed E-state index contributed by atoms with van der Waals surface area (Å²) in [6.07, 6.45) is 3.42. The molecule has 140 valence electrons. The number of fused-ring (bicyclic) bond motifs is 1. The molecule has 2 aliphatic heterocycles. The van der Waals surface area contributed by atoms with Gasteiger partial charge in [0.15, 0.2) is 0 Å². The molecule has 3 heterocycles. The molecule has 1 fully saturated rings. The molecule has 1 N–H and O–H groups in total. The van der Waals surface area contributed by atoms with Crippen LogP contribution in [0.2, 0.25) is 0 Å². The van der Waals surface area contributed by atoms with Crippen LogP contribution >= 0.6 is 27.3 Å². The van der Waals surface area contributed by atoms with E-state index < -0.39 is 0 Å². The van der Waals surface area contributed by atoms with E-state index in [1.807, 2.05) is 18.2 Å². The number of halogens is 1. The molecule has 1 aromatic carbocycles. The van der Waals surface area contributed by atoms with Gasteiger partial charge in [-0.15, -0.1) is 0 Å². The Labute approximate surface area is 167 Å². The molecule has 0 bridgehead atoms. The van der Waals surface area contributed by atoms with Crippen LogP contribution in [-0.2, 0) is 16.1 Å². The number of thiazole rings is 1. The van der Waals surface area contributed by atoms with Crippen molar-refractivity contribution in [1.82, 2.24) is 9.47 Å². The number of carbonyl (C=O) groups is 1. The highest BCUT2D eigenvalue weighted by molar-refractivity contribution is 9.10. The molecular formula is C18H16BrN3O4S. The third-order valence-electron chi connectivity index (χ3n) is 4.45. The molecule has 0 spiro atoms. The molecule has 0 saturated carbocycles. The zero-order chi connectivity index (χ0) is 19.0. The van der Waals surface area contributed by atoms with Gasteiger partial charge in [-0.2, -0.15) is 0 Å². The number of hydrogen-bond acceptors (Lipinski definition) is 6. The van der Waals surface area contributed by atoms with Crippen molar-refractivity contribution in [3.05, 3.63) is 42.8 Å². The average molecular weight is 450 g/mol. The van der Waals surface area contributed by atoms with Gasteiger partial charge >= 0.3 is 4.87 Å². The molecular weight excluding hydrogens is 434 g/mol. The van der Waals surface area contributed by atoms with Crippen molar-refractivity contribution >= 4 is 56.7 Å². The topological polar surface area (TPSA) is 84.1 Å². The fourth-order valence-corrected chi connectivity index (χ4v) is 4.21. The van der Waals surface area contributed by atoms with Crippen molar-refractivity contribution in [3.8, 4) is 5.88 Å². The quantitative estimate of drug-likeness (QED) is 0.779. The maximum absolute atomic E-state index is 12.4. The highest BCUT2D eigenvalue weighted by Gasteiger charge is 2.22. The van der Waals surface area contributed by atoms with Gasteiger partial charge in [-0.05, 0) is 24.3 Å². The van der Waals surface area contributed by atoms with Gasteiger partial charge in [0, 0.05) is 34.9 Å². The van der Waals surface area contributed by atoms with E-state index in [0.717, 1.165) is 37.2 Å². The Morgan fingerprint density at radius 1 is 1.37 bits per heavy atom. The standard InChI is InChI=1S/C18H16BrN3O4S/c19-12-1-2-14-13(8-12)11(9-20-14)7-15-17(24)22(18(25)27-15)10-16(23)21-3-5-26-6-4-21/h1-2,7-9,24H,3-6,10H2/b11-7-. The second kappa shape index (κ2) is 7.41. The van der Waals surface area contributed by atoms with Crippen LogP contribution in [0.25, 0.3) is 11.6 Å². The number of morpholine rings is 1. The Kier molecular flexibility index (Phi) is 4.98. The summed E-state index contributed by atoms with van der Waals surface area (Å²) < 4.78 is 7.26. The third-order valence-corrected chi connectivity index (χ3v) is 5.86. The van der Waals surface area contributed by atoms with Crippen LogP contribution in [-0.4, -0.2) is 53.0 Å². The predicted molar refractivity (Wildman–Crippen MR) is 108 cm³/mol. The molecule has 7 nitrogen and oxygen atoms in total. The molecule has 0 radical (unpaired) electrons. The molecule has 1 amide bonds. The van der Waals surface area contributed by atoms with Gasteiger partial charge in [0.2, 0.25) is 11.8 Å². The van der Waals surface area contributed by atoms with Crippen LogP contribution in [0, 0.1) is 0 Å². The number of rotatable bonds is 3. The Hall–Kier alpha value is -2.23. The van der Waals surface area contributed by atoms with Crippen LogP contribution in [0.3, 0.4) is 0 Å². The fraction of sp³-hybridized carbons (Fsp3) is 0.278. The average Bonchev–Trinajstić information content (AvgIpc) is 3.18. The van der Waals surface area contributed by atoms with Crippen LogP contribution in [0.5, 0.6) is 5.88 Å². The first-order chi connectivity index (χ1) is 13.0. The molecule has 0 aliphatic carbocycles. The summed E-state index contributed by atoms with van der Waals surface area (Å²) in [5.41, 5.74) is 2.55. The summed E-state index contributed by atoms with van der Waals surface area (Å²) in [6.45, 7) is 1.79. The summed E-state index contributed by atoms with van der Waals surface area (Å²) in [5, 5.41) is 10.5. The van der Waals surface area contributed by atoms with Crippen LogP contribution < -0.4 is 4.87 Å². The number of ether oxygens (including phenoxy) is 1. The molecule has 27 heavy (non-hydrogen) atoms. The lowest BCUT2D eigenvalue weighted by atomic mass is 10.1. The molecule has 1 aromatic heterocycles. The van der Waals surface area contributed by atoms with Gasteiger partial charge in [-0.25, -0.2) is 0 Å². The number of aliphatic imine (C=N–C) groups is 1. The molecule has 9 heteroatoms. The maximum Gasteiger partial charge on any atom is 0.311 e. The minimum absolute atomic E-state index is 0.180. The van der Waals surface area contributed by atoms with Gasteiger partial charge in [0.25, 0.3) is 0 Å². The molecule has 1 saturated heterocycles. The lowest BCUT2D eigenvalue weighted by Gasteiger charge is -2.26. The number of amides is 1. The maximum atomic E-state index is 12.4. The number of nitrogens with zero attached hydrogens (tertiary/aromatic N) is 3. The van der Waals surface area contributed by atoms with Gasteiger partial charge in [0.1, 0.15) is 6.54 Å². The molecule has 4 rings (SSSR count). The molecule has 0 atom stereocenters. The normalized spacial score (nSPS) is 17.5. The van der Waals surface area contributed by atoms with E-state index in [9.17, 15) is 14.7 Å². The number of carbonyl (C=O) groups excluding carboxylic acids is 1. The van der Waals surface area contributed by atoms with Gasteiger partial charge in [0.05, 0.1) is 23.8 Å². The first-order valence-electron chi connectivity index (χ1n) is 8.37. The van der Waals surface area contributed by atoms with Crippen molar-refractivity contribution < 1.29 is 14.6 Å². The van der Waals surface area contributed by atoms with Crippen molar-refractivity contribution in [2.45, 2.75) is 6.54 Å². The largest absolute Gasteiger partial charge is 0.493 e. The number of hydrogen-bond donors (Lipinski definition) is 1. The van der Waals surface area contributed by atoms with Crippen molar-refractivity contribution in [2.75, 3.05) is 26.3 Å². The van der Waals surface area contributed by atoms with Gasteiger partial charge in [-0.3, -0.25) is 19.1 Å². The van der Waals surface area contributed by atoms with Crippen molar-refractivity contribution in [2.24, 2.45) is 4.99 Å². The minimum atomic E-state index is -0.370. The minimum Gasteiger partial charge on any atom is -0.493 e. The Morgan fingerprint density at radius 3 is 2.93 bits per heavy atom. The van der Waals surface area contributed by atoms with E-state index in [0.29, 0.717) is 31.2 Å². The highest BCUT2D eigenvalue weighted by Crippen LogP contribution is 2.36. The molecule has 2 aromatic rings. The number of aromatic hydroxyl groups is 1. The van der Waals surface area contributed by atoms with E-state index in [1.54, 1.807) is 17.2 Å².